The number of ether oxygens (including phenoxy) is 2. The van der Waals surface area contributed by atoms with Gasteiger partial charge < -0.3 is 9.47 Å². The van der Waals surface area contributed by atoms with E-state index in [2.05, 4.69) is 60.4 Å². The summed E-state index contributed by atoms with van der Waals surface area (Å²) in [7, 11) is 1.71. The Hall–Kier alpha value is -2.00. The normalized spacial score (nSPS) is 17.8. The molecule has 24 heavy (non-hydrogen) atoms. The Bertz CT molecular complexity index is 621. The molecule has 2 aromatic rings. The summed E-state index contributed by atoms with van der Waals surface area (Å²) in [5.74, 6) is 1.89. The summed E-state index contributed by atoms with van der Waals surface area (Å²) in [5.41, 5.74) is 2.73. The predicted molar refractivity (Wildman–Crippen MR) is 97.6 cm³/mol. The van der Waals surface area contributed by atoms with Crippen molar-refractivity contribution in [3.05, 3.63) is 59.7 Å². The van der Waals surface area contributed by atoms with E-state index in [9.17, 15) is 0 Å². The Morgan fingerprint density at radius 2 is 1.71 bits per heavy atom. The second-order valence-electron chi connectivity index (χ2n) is 6.39. The number of hydrogen-bond donors (Lipinski definition) is 0. The van der Waals surface area contributed by atoms with E-state index in [4.69, 9.17) is 9.47 Å². The van der Waals surface area contributed by atoms with Crippen LogP contribution in [0.4, 0.5) is 0 Å². The first-order valence-corrected chi connectivity index (χ1v) is 8.90. The molecule has 0 aliphatic carbocycles. The summed E-state index contributed by atoms with van der Waals surface area (Å²) in [6.07, 6.45) is 3.53. The minimum atomic E-state index is 0.506. The van der Waals surface area contributed by atoms with Crippen LogP contribution in [0.1, 0.15) is 43.4 Å². The van der Waals surface area contributed by atoms with Crippen molar-refractivity contribution in [1.29, 1.82) is 0 Å². The van der Waals surface area contributed by atoms with Crippen LogP contribution in [0.5, 0.6) is 11.5 Å². The topological polar surface area (TPSA) is 21.7 Å². The zero-order chi connectivity index (χ0) is 16.8. The van der Waals surface area contributed by atoms with Crippen molar-refractivity contribution in [2.24, 2.45) is 0 Å². The summed E-state index contributed by atoms with van der Waals surface area (Å²) in [6.45, 7) is 5.06. The summed E-state index contributed by atoms with van der Waals surface area (Å²) >= 11 is 0. The lowest BCUT2D eigenvalue weighted by Crippen LogP contribution is -2.22. The first kappa shape index (κ1) is 16.8. The predicted octanol–water partition coefficient (Wildman–Crippen LogP) is 4.82. The molecule has 1 heterocycles. The number of methoxy groups -OCH3 is 1. The third-order valence-electron chi connectivity index (χ3n) is 4.65. The van der Waals surface area contributed by atoms with E-state index in [0.29, 0.717) is 6.04 Å². The van der Waals surface area contributed by atoms with Gasteiger partial charge >= 0.3 is 0 Å². The third kappa shape index (κ3) is 4.09. The lowest BCUT2D eigenvalue weighted by atomic mass is 10.0. The van der Waals surface area contributed by atoms with E-state index >= 15 is 0 Å². The Balaban J connectivity index is 1.64. The molecule has 0 unspecified atom stereocenters. The van der Waals surface area contributed by atoms with Gasteiger partial charge in [0, 0.05) is 12.6 Å². The van der Waals surface area contributed by atoms with Gasteiger partial charge in [-0.25, -0.2) is 0 Å². The van der Waals surface area contributed by atoms with E-state index in [1.165, 1.54) is 24.0 Å². The van der Waals surface area contributed by atoms with Crippen molar-refractivity contribution in [2.75, 3.05) is 20.3 Å². The molecule has 0 spiro atoms. The van der Waals surface area contributed by atoms with Crippen LogP contribution in [-0.4, -0.2) is 25.2 Å². The summed E-state index contributed by atoms with van der Waals surface area (Å²) in [6, 6.07) is 17.6. The standard InChI is InChI=1S/C21H27NO2/c1-3-15-24-20-10-6-17(7-11-20)16-22-14-4-5-21(22)18-8-12-19(23-2)13-9-18/h6-13,21H,3-5,14-16H2,1-2H3/t21-/m1/s1. The molecule has 0 saturated carbocycles. The molecule has 3 heteroatoms. The van der Waals surface area contributed by atoms with Crippen molar-refractivity contribution < 1.29 is 9.47 Å². The van der Waals surface area contributed by atoms with Crippen molar-refractivity contribution in [3.63, 3.8) is 0 Å². The minimum absolute atomic E-state index is 0.506. The van der Waals surface area contributed by atoms with Crippen LogP contribution in [-0.2, 0) is 6.54 Å². The Labute approximate surface area is 145 Å². The van der Waals surface area contributed by atoms with E-state index in [0.717, 1.165) is 37.6 Å². The molecule has 0 bridgehead atoms. The molecule has 1 saturated heterocycles. The second-order valence-corrected chi connectivity index (χ2v) is 6.39. The van der Waals surface area contributed by atoms with E-state index in [1.54, 1.807) is 7.11 Å². The van der Waals surface area contributed by atoms with Gasteiger partial charge in [-0.05, 0) is 61.2 Å². The Morgan fingerprint density at radius 1 is 1.00 bits per heavy atom. The fraction of sp³-hybridized carbons (Fsp3) is 0.429. The van der Waals surface area contributed by atoms with E-state index < -0.39 is 0 Å². The molecule has 0 N–H and O–H groups in total. The highest BCUT2D eigenvalue weighted by Crippen LogP contribution is 2.34. The van der Waals surface area contributed by atoms with Gasteiger partial charge in [-0.3, -0.25) is 4.90 Å². The summed E-state index contributed by atoms with van der Waals surface area (Å²) < 4.78 is 10.9. The molecule has 0 amide bonds. The summed E-state index contributed by atoms with van der Waals surface area (Å²) in [5, 5.41) is 0. The Kier molecular flexibility index (Phi) is 5.76. The van der Waals surface area contributed by atoms with Crippen molar-refractivity contribution in [2.45, 2.75) is 38.8 Å². The zero-order valence-corrected chi connectivity index (χ0v) is 14.7. The fourth-order valence-corrected chi connectivity index (χ4v) is 3.36. The smallest absolute Gasteiger partial charge is 0.119 e. The number of benzene rings is 2. The highest BCUT2D eigenvalue weighted by atomic mass is 16.5. The maximum Gasteiger partial charge on any atom is 0.119 e. The maximum atomic E-state index is 5.67. The van der Waals surface area contributed by atoms with Gasteiger partial charge in [0.05, 0.1) is 13.7 Å². The number of rotatable bonds is 7. The van der Waals surface area contributed by atoms with Gasteiger partial charge in [-0.2, -0.15) is 0 Å². The van der Waals surface area contributed by atoms with Gasteiger partial charge in [-0.15, -0.1) is 0 Å². The number of nitrogens with zero attached hydrogens (tertiary/aromatic N) is 1. The SMILES string of the molecule is CCCOc1ccc(CN2CCC[C@@H]2c2ccc(OC)cc2)cc1. The maximum absolute atomic E-state index is 5.67. The third-order valence-corrected chi connectivity index (χ3v) is 4.65. The second kappa shape index (κ2) is 8.20. The summed E-state index contributed by atoms with van der Waals surface area (Å²) in [4.78, 5) is 2.57. The molecule has 3 rings (SSSR count). The number of likely N-dealkylation sites (tertiary alicyclic amines) is 1. The van der Waals surface area contributed by atoms with Gasteiger partial charge in [0.15, 0.2) is 0 Å². The molecule has 128 valence electrons. The highest BCUT2D eigenvalue weighted by molar-refractivity contribution is 5.30. The van der Waals surface area contributed by atoms with Gasteiger partial charge in [0.2, 0.25) is 0 Å². The molecule has 0 aromatic heterocycles. The minimum Gasteiger partial charge on any atom is -0.497 e. The molecular weight excluding hydrogens is 298 g/mol. The van der Waals surface area contributed by atoms with Crippen LogP contribution in [0.15, 0.2) is 48.5 Å². The average molecular weight is 325 g/mol. The van der Waals surface area contributed by atoms with Crippen LogP contribution in [0.25, 0.3) is 0 Å². The quantitative estimate of drug-likeness (QED) is 0.728. The van der Waals surface area contributed by atoms with E-state index in [1.807, 2.05) is 0 Å². The monoisotopic (exact) mass is 325 g/mol. The molecule has 0 radical (unpaired) electrons. The van der Waals surface area contributed by atoms with Gasteiger partial charge in [0.25, 0.3) is 0 Å². The van der Waals surface area contributed by atoms with Crippen molar-refractivity contribution >= 4 is 0 Å². The molecular formula is C21H27NO2. The van der Waals surface area contributed by atoms with Crippen LogP contribution in [0.3, 0.4) is 0 Å². The van der Waals surface area contributed by atoms with Crippen molar-refractivity contribution in [3.8, 4) is 11.5 Å². The van der Waals surface area contributed by atoms with Gasteiger partial charge in [-0.1, -0.05) is 31.2 Å². The largest absolute Gasteiger partial charge is 0.497 e. The van der Waals surface area contributed by atoms with Crippen LogP contribution >= 0.6 is 0 Å². The molecule has 3 nitrogen and oxygen atoms in total. The lowest BCUT2D eigenvalue weighted by Gasteiger charge is -2.25. The fourth-order valence-electron chi connectivity index (χ4n) is 3.36. The highest BCUT2D eigenvalue weighted by Gasteiger charge is 2.25. The van der Waals surface area contributed by atoms with Crippen molar-refractivity contribution in [1.82, 2.24) is 4.90 Å². The molecule has 1 atom stereocenters. The first-order chi connectivity index (χ1) is 11.8. The molecule has 1 aliphatic rings. The zero-order valence-electron chi connectivity index (χ0n) is 14.7. The van der Waals surface area contributed by atoms with Gasteiger partial charge in [0.1, 0.15) is 11.5 Å². The first-order valence-electron chi connectivity index (χ1n) is 8.90. The molecule has 1 fully saturated rings. The van der Waals surface area contributed by atoms with Crippen LogP contribution in [0.2, 0.25) is 0 Å². The lowest BCUT2D eigenvalue weighted by molar-refractivity contribution is 0.248. The van der Waals surface area contributed by atoms with Crippen LogP contribution in [0, 0.1) is 0 Å². The average Bonchev–Trinajstić information content (AvgIpc) is 3.09. The Morgan fingerprint density at radius 3 is 2.38 bits per heavy atom. The molecule has 2 aromatic carbocycles. The van der Waals surface area contributed by atoms with Crippen LogP contribution < -0.4 is 9.47 Å². The number of hydrogen-bond acceptors (Lipinski definition) is 3. The molecule has 1 aliphatic heterocycles. The van der Waals surface area contributed by atoms with E-state index in [-0.39, 0.29) is 0 Å².